The molecule has 27 heavy (non-hydrogen) atoms. The number of halogens is 2. The quantitative estimate of drug-likeness (QED) is 0.377. The predicted molar refractivity (Wildman–Crippen MR) is 105 cm³/mol. The number of fused-ring (bicyclic) bond motifs is 2. The first-order chi connectivity index (χ1) is 12.1. The van der Waals surface area contributed by atoms with Crippen molar-refractivity contribution in [3.8, 4) is 0 Å². The Morgan fingerprint density at radius 1 is 1.00 bits per heavy atom. The molecule has 3 aromatic carbocycles. The van der Waals surface area contributed by atoms with Gasteiger partial charge in [0.2, 0.25) is 0 Å². The predicted octanol–water partition coefficient (Wildman–Crippen LogP) is -0.738. The molecule has 0 saturated carbocycles. The van der Waals surface area contributed by atoms with Crippen LogP contribution in [0.15, 0.2) is 66.2 Å². The van der Waals surface area contributed by atoms with Gasteiger partial charge in [-0.2, -0.15) is 6.07 Å². The standard InChI is InChI=1S/C20H17O.C2H6Si.2ClH.Zr/c21-12-11-16-13-15-6-2-4-8-18(15)20(16)19-10-9-14-5-1-3-7-17(14)19;1-3-2;;;/h1-10,13,20-21H,11-12H2;1-2H3;2*1H;/q-1;;;;+2/p-2. The monoisotopic (exact) mass is 491 g/mol. The normalized spacial score (nSPS) is 14.3. The number of hydrogen-bond donors (Lipinski definition) is 1. The summed E-state index contributed by atoms with van der Waals surface area (Å²) < 4.78 is 0. The average Bonchev–Trinajstić information content (AvgIpc) is 3.15. The summed E-state index contributed by atoms with van der Waals surface area (Å²) in [6, 6.07) is 21.5. The third-order valence-electron chi connectivity index (χ3n) is 4.44. The van der Waals surface area contributed by atoms with E-state index in [-0.39, 0.29) is 42.8 Å². The van der Waals surface area contributed by atoms with Gasteiger partial charge in [0.15, 0.2) is 0 Å². The smallest absolute Gasteiger partial charge is 0.0468 e. The first-order valence-electron chi connectivity index (χ1n) is 8.68. The van der Waals surface area contributed by atoms with Gasteiger partial charge in [-0.05, 0) is 23.5 Å². The van der Waals surface area contributed by atoms with Crippen molar-refractivity contribution in [2.45, 2.75) is 25.4 Å². The van der Waals surface area contributed by atoms with Gasteiger partial charge in [0.05, 0.1) is 0 Å². The Labute approximate surface area is 189 Å². The molecule has 1 aliphatic rings. The van der Waals surface area contributed by atoms with Gasteiger partial charge in [0.25, 0.3) is 0 Å². The minimum atomic E-state index is 0. The van der Waals surface area contributed by atoms with Crippen molar-refractivity contribution >= 4 is 22.3 Å². The Morgan fingerprint density at radius 2 is 1.63 bits per heavy atom. The van der Waals surface area contributed by atoms with E-state index in [1.54, 1.807) is 23.3 Å². The summed E-state index contributed by atoms with van der Waals surface area (Å²) in [5, 5.41) is 12.0. The molecule has 0 fully saturated rings. The first-order valence-corrected chi connectivity index (χ1v) is 14.9. The molecule has 0 aliphatic heterocycles. The van der Waals surface area contributed by atoms with Gasteiger partial charge in [-0.3, -0.25) is 0 Å². The van der Waals surface area contributed by atoms with Gasteiger partial charge in [0.1, 0.15) is 0 Å². The molecule has 0 bridgehead atoms. The molecule has 4 rings (SSSR count). The fourth-order valence-corrected chi connectivity index (χ4v) is 3.53. The number of aliphatic hydroxyl groups excluding tert-OH is 1. The second kappa shape index (κ2) is 11.4. The van der Waals surface area contributed by atoms with Crippen LogP contribution >= 0.6 is 0 Å². The summed E-state index contributed by atoms with van der Waals surface area (Å²) in [7, 11) is 0. The average molecular weight is 494 g/mol. The van der Waals surface area contributed by atoms with Gasteiger partial charge in [-0.25, -0.2) is 0 Å². The van der Waals surface area contributed by atoms with Crippen molar-refractivity contribution in [1.82, 2.24) is 0 Å². The maximum absolute atomic E-state index is 9.39. The zero-order valence-corrected chi connectivity index (χ0v) is 20.5. The van der Waals surface area contributed by atoms with Crippen LogP contribution in [-0.4, -0.2) is 17.1 Å². The van der Waals surface area contributed by atoms with Crippen LogP contribution in [0.3, 0.4) is 0 Å². The fraction of sp³-hybridized carbons (Fsp3) is 0.227. The van der Waals surface area contributed by atoms with Gasteiger partial charge in [0, 0.05) is 6.61 Å². The van der Waals surface area contributed by atoms with Crippen molar-refractivity contribution < 1.29 is 53.3 Å². The summed E-state index contributed by atoms with van der Waals surface area (Å²) in [6.45, 7) is 4.82. The molecule has 0 spiro atoms. The van der Waals surface area contributed by atoms with Crippen LogP contribution in [-0.2, 0) is 23.3 Å². The Hall–Kier alpha value is -0.570. The van der Waals surface area contributed by atoms with Gasteiger partial charge >= 0.3 is 41.9 Å². The van der Waals surface area contributed by atoms with E-state index < -0.39 is 0 Å². The van der Waals surface area contributed by atoms with Crippen LogP contribution in [0.5, 0.6) is 0 Å². The Balaban J connectivity index is 0.000000558. The van der Waals surface area contributed by atoms with E-state index in [2.05, 4.69) is 79.8 Å². The topological polar surface area (TPSA) is 20.2 Å². The molecular formula is C22H23Cl2OSiZr-. The molecule has 0 radical (unpaired) electrons. The Kier molecular flexibility index (Phi) is 10.4. The van der Waals surface area contributed by atoms with Crippen LogP contribution < -0.4 is 24.8 Å². The second-order valence-corrected chi connectivity index (χ2v) is 16.0. The van der Waals surface area contributed by atoms with E-state index in [9.17, 15) is 5.11 Å². The van der Waals surface area contributed by atoms with E-state index in [0.29, 0.717) is 0 Å². The van der Waals surface area contributed by atoms with E-state index in [1.807, 2.05) is 0 Å². The summed E-state index contributed by atoms with van der Waals surface area (Å²) in [5.41, 5.74) is 5.53. The number of aliphatic hydroxyl groups is 1. The number of rotatable bonds is 3. The molecular weight excluding hydrogens is 470 g/mol. The second-order valence-electron chi connectivity index (χ2n) is 6.63. The molecule has 5 heteroatoms. The van der Waals surface area contributed by atoms with E-state index >= 15 is 0 Å². The maximum Gasteiger partial charge on any atom is 0.0468 e. The summed E-state index contributed by atoms with van der Waals surface area (Å²) in [4.78, 5) is 0. The zero-order valence-electron chi connectivity index (χ0n) is 15.5. The minimum absolute atomic E-state index is 0. The van der Waals surface area contributed by atoms with Crippen LogP contribution in [0, 0.1) is 0 Å². The molecule has 0 aromatic heterocycles. The zero-order chi connectivity index (χ0) is 17.8. The van der Waals surface area contributed by atoms with Crippen LogP contribution in [0.4, 0.5) is 0 Å². The van der Waals surface area contributed by atoms with Gasteiger partial charge < -0.3 is 29.9 Å². The molecule has 1 N–H and O–H groups in total. The Bertz CT molecular complexity index is 929. The Morgan fingerprint density at radius 3 is 2.33 bits per heavy atom. The maximum atomic E-state index is 9.39. The SMILES string of the molecule is C[Si](C)=[Zr+2].OCCC1=Cc2ccccc2C1[c-]1ccc2ccccc21.[Cl-].[Cl-]. The molecule has 1 nitrogen and oxygen atoms in total. The van der Waals surface area contributed by atoms with Crippen LogP contribution in [0.2, 0.25) is 13.1 Å². The fourth-order valence-electron chi connectivity index (χ4n) is 3.53. The molecule has 0 amide bonds. The third-order valence-corrected chi connectivity index (χ3v) is 4.44. The molecule has 1 aliphatic carbocycles. The third kappa shape index (κ3) is 5.71. The first kappa shape index (κ1) is 24.5. The minimum Gasteiger partial charge on any atom is -1.00 e. The van der Waals surface area contributed by atoms with Crippen molar-refractivity contribution in [2.24, 2.45) is 0 Å². The van der Waals surface area contributed by atoms with E-state index in [1.165, 1.54) is 33.0 Å². The van der Waals surface area contributed by atoms with E-state index in [0.717, 1.165) is 6.42 Å². The molecule has 0 heterocycles. The summed E-state index contributed by atoms with van der Waals surface area (Å²) in [5.74, 6) is 0.285. The number of benzene rings is 2. The summed E-state index contributed by atoms with van der Waals surface area (Å²) >= 11 is 1.74. The molecule has 140 valence electrons. The van der Waals surface area contributed by atoms with Crippen molar-refractivity contribution in [2.75, 3.05) is 6.61 Å². The van der Waals surface area contributed by atoms with Crippen molar-refractivity contribution in [3.05, 3.63) is 82.9 Å². The van der Waals surface area contributed by atoms with E-state index in [4.69, 9.17) is 0 Å². The van der Waals surface area contributed by atoms with Gasteiger partial charge in [-0.15, -0.1) is 40.6 Å². The van der Waals surface area contributed by atoms with Gasteiger partial charge in [-0.1, -0.05) is 42.0 Å². The van der Waals surface area contributed by atoms with Crippen LogP contribution in [0.1, 0.15) is 29.0 Å². The molecule has 1 atom stereocenters. The van der Waals surface area contributed by atoms with Crippen molar-refractivity contribution in [3.63, 3.8) is 0 Å². The molecule has 3 aromatic rings. The van der Waals surface area contributed by atoms with Crippen LogP contribution in [0.25, 0.3) is 16.8 Å². The molecule has 0 saturated heterocycles. The van der Waals surface area contributed by atoms with Crippen molar-refractivity contribution in [1.29, 1.82) is 0 Å². The molecule has 1 unspecified atom stereocenters. The number of hydrogen-bond acceptors (Lipinski definition) is 1. The summed E-state index contributed by atoms with van der Waals surface area (Å²) in [6.07, 6.45) is 2.98. The largest absolute Gasteiger partial charge is 1.00 e.